The molecule has 0 spiro atoms. The summed E-state index contributed by atoms with van der Waals surface area (Å²) in [5, 5.41) is 3.07. The average molecular weight is 125 g/mol. The monoisotopic (exact) mass is 125 g/mol. The first kappa shape index (κ1) is 6.33. The smallest absolute Gasteiger partial charge is 0.173 e. The van der Waals surface area contributed by atoms with Gasteiger partial charge in [-0.3, -0.25) is 0 Å². The molecule has 0 fully saturated rings. The van der Waals surface area contributed by atoms with Crippen molar-refractivity contribution in [3.05, 3.63) is 18.0 Å². The lowest BCUT2D eigenvalue weighted by molar-refractivity contribution is -0.734. The van der Waals surface area contributed by atoms with E-state index in [9.17, 15) is 0 Å². The summed E-state index contributed by atoms with van der Waals surface area (Å²) in [5.74, 6) is 0.612. The quantitative estimate of drug-likeness (QED) is 0.539. The van der Waals surface area contributed by atoms with Crippen LogP contribution in [-0.4, -0.2) is 5.10 Å². The molecule has 2 heteroatoms. The Morgan fingerprint density at radius 2 is 2.22 bits per heavy atom. The number of nitrogens with zero attached hydrogens (tertiary/aromatic N) is 1. The molecule has 1 heterocycles. The van der Waals surface area contributed by atoms with E-state index in [-0.39, 0.29) is 0 Å². The Hall–Kier alpha value is -0.790. The van der Waals surface area contributed by atoms with Crippen molar-refractivity contribution < 1.29 is 4.68 Å². The van der Waals surface area contributed by atoms with Crippen LogP contribution in [0.1, 0.15) is 25.5 Å². The molecule has 0 atom stereocenters. The van der Waals surface area contributed by atoms with Crippen LogP contribution in [0.15, 0.2) is 12.3 Å². The molecule has 0 radical (unpaired) electrons. The molecule has 2 nitrogen and oxygen atoms in total. The van der Waals surface area contributed by atoms with Crippen molar-refractivity contribution >= 4 is 0 Å². The molecule has 0 saturated heterocycles. The van der Waals surface area contributed by atoms with E-state index in [1.807, 2.05) is 17.9 Å². The van der Waals surface area contributed by atoms with Gasteiger partial charge in [0.25, 0.3) is 0 Å². The lowest BCUT2D eigenvalue weighted by Gasteiger charge is -1.93. The molecule has 0 aliphatic rings. The third kappa shape index (κ3) is 1.12. The Kier molecular flexibility index (Phi) is 1.56. The van der Waals surface area contributed by atoms with E-state index in [0.29, 0.717) is 5.92 Å². The maximum Gasteiger partial charge on any atom is 0.209 e. The second-order valence-electron chi connectivity index (χ2n) is 2.60. The minimum absolute atomic E-state index is 0.612. The van der Waals surface area contributed by atoms with Gasteiger partial charge in [0.05, 0.1) is 6.20 Å². The van der Waals surface area contributed by atoms with E-state index in [1.54, 1.807) is 0 Å². The summed E-state index contributed by atoms with van der Waals surface area (Å²) in [6.07, 6.45) is 1.95. The van der Waals surface area contributed by atoms with Crippen LogP contribution < -0.4 is 4.68 Å². The minimum atomic E-state index is 0.612. The first-order valence-corrected chi connectivity index (χ1v) is 3.25. The van der Waals surface area contributed by atoms with Gasteiger partial charge in [0.2, 0.25) is 5.69 Å². The SMILES string of the molecule is CC(C)c1cc[nH][n+]1C. The number of aromatic amines is 1. The molecule has 0 aliphatic heterocycles. The number of hydrogen-bond acceptors (Lipinski definition) is 0. The van der Waals surface area contributed by atoms with Gasteiger partial charge in [-0.05, 0) is 0 Å². The zero-order chi connectivity index (χ0) is 6.85. The minimum Gasteiger partial charge on any atom is -0.173 e. The zero-order valence-electron chi connectivity index (χ0n) is 6.18. The molecule has 1 aromatic heterocycles. The summed E-state index contributed by atoms with van der Waals surface area (Å²) in [4.78, 5) is 0. The second kappa shape index (κ2) is 2.21. The average Bonchev–Trinajstić information content (AvgIpc) is 2.13. The van der Waals surface area contributed by atoms with Crippen molar-refractivity contribution in [1.29, 1.82) is 0 Å². The third-order valence-corrected chi connectivity index (χ3v) is 1.50. The number of rotatable bonds is 1. The molecule has 0 saturated carbocycles. The van der Waals surface area contributed by atoms with Crippen molar-refractivity contribution in [3.8, 4) is 0 Å². The van der Waals surface area contributed by atoms with Gasteiger partial charge in [-0.15, -0.1) is 4.68 Å². The fourth-order valence-corrected chi connectivity index (χ4v) is 1.00. The van der Waals surface area contributed by atoms with E-state index >= 15 is 0 Å². The largest absolute Gasteiger partial charge is 0.209 e. The van der Waals surface area contributed by atoms with Crippen LogP contribution in [0.3, 0.4) is 0 Å². The molecule has 0 aliphatic carbocycles. The van der Waals surface area contributed by atoms with Gasteiger partial charge in [0.1, 0.15) is 0 Å². The van der Waals surface area contributed by atoms with Gasteiger partial charge in [-0.25, -0.2) is 0 Å². The van der Waals surface area contributed by atoms with Gasteiger partial charge in [-0.2, -0.15) is 5.10 Å². The van der Waals surface area contributed by atoms with E-state index < -0.39 is 0 Å². The zero-order valence-corrected chi connectivity index (χ0v) is 6.18. The lowest BCUT2D eigenvalue weighted by Crippen LogP contribution is -2.34. The number of H-pyrrole nitrogens is 1. The number of hydrogen-bond donors (Lipinski definition) is 1. The summed E-state index contributed by atoms with van der Waals surface area (Å²) in [5.41, 5.74) is 1.34. The molecule has 1 N–H and O–H groups in total. The van der Waals surface area contributed by atoms with Gasteiger partial charge in [-0.1, -0.05) is 13.8 Å². The highest BCUT2D eigenvalue weighted by Crippen LogP contribution is 2.06. The van der Waals surface area contributed by atoms with Crippen molar-refractivity contribution in [2.45, 2.75) is 19.8 Å². The van der Waals surface area contributed by atoms with Crippen LogP contribution >= 0.6 is 0 Å². The molecular formula is C7H13N2+. The molecule has 1 rings (SSSR count). The molecule has 0 bridgehead atoms. The Labute approximate surface area is 55.5 Å². The van der Waals surface area contributed by atoms with Crippen LogP contribution in [0.4, 0.5) is 0 Å². The number of aryl methyl sites for hydroxylation is 1. The number of nitrogens with one attached hydrogen (secondary N) is 1. The van der Waals surface area contributed by atoms with Gasteiger partial charge in [0.15, 0.2) is 7.05 Å². The van der Waals surface area contributed by atoms with Crippen LogP contribution in [0.25, 0.3) is 0 Å². The molecular weight excluding hydrogens is 112 g/mol. The van der Waals surface area contributed by atoms with Crippen molar-refractivity contribution in [2.75, 3.05) is 0 Å². The van der Waals surface area contributed by atoms with Crippen molar-refractivity contribution in [2.24, 2.45) is 7.05 Å². The Morgan fingerprint density at radius 1 is 1.56 bits per heavy atom. The topological polar surface area (TPSA) is 19.7 Å². The fourth-order valence-electron chi connectivity index (χ4n) is 1.00. The Bertz CT molecular complexity index is 189. The predicted molar refractivity (Wildman–Crippen MR) is 36.1 cm³/mol. The lowest BCUT2D eigenvalue weighted by atomic mass is 10.1. The molecule has 50 valence electrons. The summed E-state index contributed by atoms with van der Waals surface area (Å²) < 4.78 is 2.03. The van der Waals surface area contributed by atoms with Crippen LogP contribution in [-0.2, 0) is 7.05 Å². The fraction of sp³-hybridized carbons (Fsp3) is 0.571. The maximum absolute atomic E-state index is 3.07. The standard InChI is InChI=1S/C7H12N2/c1-6(2)7-4-5-8-9(7)3/h4-6H,1-3H3/p+1. The van der Waals surface area contributed by atoms with Crippen LogP contribution in [0, 0.1) is 0 Å². The second-order valence-corrected chi connectivity index (χ2v) is 2.60. The molecule has 1 aromatic rings. The van der Waals surface area contributed by atoms with E-state index in [4.69, 9.17) is 0 Å². The summed E-state index contributed by atoms with van der Waals surface area (Å²) in [6.45, 7) is 4.37. The number of aromatic nitrogens is 2. The highest BCUT2D eigenvalue weighted by Gasteiger charge is 2.09. The van der Waals surface area contributed by atoms with Crippen LogP contribution in [0.2, 0.25) is 0 Å². The van der Waals surface area contributed by atoms with Gasteiger partial charge in [0, 0.05) is 12.0 Å². The highest BCUT2D eigenvalue weighted by atomic mass is 15.3. The normalized spacial score (nSPS) is 10.7. The highest BCUT2D eigenvalue weighted by molar-refractivity contribution is 4.96. The molecule has 0 unspecified atom stereocenters. The van der Waals surface area contributed by atoms with E-state index in [1.165, 1.54) is 5.69 Å². The Balaban J connectivity index is 2.94. The Morgan fingerprint density at radius 3 is 2.44 bits per heavy atom. The van der Waals surface area contributed by atoms with E-state index in [2.05, 4.69) is 25.0 Å². The van der Waals surface area contributed by atoms with Crippen LogP contribution in [0.5, 0.6) is 0 Å². The predicted octanol–water partition coefficient (Wildman–Crippen LogP) is 0.963. The molecule has 0 amide bonds. The maximum atomic E-state index is 3.07. The van der Waals surface area contributed by atoms with Gasteiger partial charge >= 0.3 is 0 Å². The first-order chi connectivity index (χ1) is 4.22. The van der Waals surface area contributed by atoms with Gasteiger partial charge < -0.3 is 0 Å². The third-order valence-electron chi connectivity index (χ3n) is 1.50. The van der Waals surface area contributed by atoms with E-state index in [0.717, 1.165) is 0 Å². The summed E-state index contributed by atoms with van der Waals surface area (Å²) in [7, 11) is 2.02. The van der Waals surface area contributed by atoms with Crippen molar-refractivity contribution in [3.63, 3.8) is 0 Å². The van der Waals surface area contributed by atoms with Crippen molar-refractivity contribution in [1.82, 2.24) is 5.10 Å². The summed E-state index contributed by atoms with van der Waals surface area (Å²) >= 11 is 0. The molecule has 0 aromatic carbocycles. The first-order valence-electron chi connectivity index (χ1n) is 3.25. The molecule has 9 heavy (non-hydrogen) atoms. The summed E-state index contributed by atoms with van der Waals surface area (Å²) in [6, 6.07) is 2.10.